The third kappa shape index (κ3) is 2.42. The third-order valence-electron chi connectivity index (χ3n) is 5.13. The van der Waals surface area contributed by atoms with Crippen molar-refractivity contribution in [2.75, 3.05) is 25.0 Å². The van der Waals surface area contributed by atoms with E-state index in [4.69, 9.17) is 0 Å². The monoisotopic (exact) mass is 292 g/mol. The number of hydrogen-bond donors (Lipinski definition) is 0. The Labute approximate surface area is 133 Å². The molecule has 2 aliphatic rings. The Kier molecular flexibility index (Phi) is 3.63. The van der Waals surface area contributed by atoms with Gasteiger partial charge in [-0.25, -0.2) is 0 Å². The van der Waals surface area contributed by atoms with Gasteiger partial charge >= 0.3 is 0 Å². The first kappa shape index (κ1) is 13.8. The topological polar surface area (TPSA) is 6.48 Å². The van der Waals surface area contributed by atoms with E-state index < -0.39 is 0 Å². The summed E-state index contributed by atoms with van der Waals surface area (Å²) >= 11 is 0. The zero-order chi connectivity index (χ0) is 14.9. The predicted molar refractivity (Wildman–Crippen MR) is 93.0 cm³/mol. The zero-order valence-corrected chi connectivity index (χ0v) is 13.3. The fraction of sp³-hybridized carbons (Fsp3) is 0.400. The van der Waals surface area contributed by atoms with Crippen LogP contribution in [-0.4, -0.2) is 31.1 Å². The smallest absolute Gasteiger partial charge is 0.0469 e. The molecule has 1 unspecified atom stereocenters. The summed E-state index contributed by atoms with van der Waals surface area (Å²) in [6, 6.07) is 18.6. The molecule has 0 aromatic heterocycles. The molecule has 1 saturated heterocycles. The van der Waals surface area contributed by atoms with Gasteiger partial charge in [0.15, 0.2) is 0 Å². The maximum absolute atomic E-state index is 2.63. The first-order valence-electron chi connectivity index (χ1n) is 8.46. The SMILES string of the molecule is CN1CCCC(N2c3ccccc3CCc3ccccc32)C1. The number of rotatable bonds is 1. The van der Waals surface area contributed by atoms with Gasteiger partial charge in [-0.15, -0.1) is 0 Å². The Hall–Kier alpha value is -1.80. The molecule has 2 aliphatic heterocycles. The quantitative estimate of drug-likeness (QED) is 0.783. The lowest BCUT2D eigenvalue weighted by Gasteiger charge is -2.40. The number of nitrogens with zero attached hydrogens (tertiary/aromatic N) is 2. The van der Waals surface area contributed by atoms with E-state index in [-0.39, 0.29) is 0 Å². The number of hydrogen-bond acceptors (Lipinski definition) is 2. The van der Waals surface area contributed by atoms with Crippen molar-refractivity contribution in [3.8, 4) is 0 Å². The predicted octanol–water partition coefficient (Wildman–Crippen LogP) is 4.02. The molecule has 0 spiro atoms. The molecule has 0 bridgehead atoms. The Balaban J connectivity index is 1.83. The van der Waals surface area contributed by atoms with Gasteiger partial charge in [0.25, 0.3) is 0 Å². The number of piperidine rings is 1. The lowest BCUT2D eigenvalue weighted by atomic mass is 10.0. The second-order valence-corrected chi connectivity index (χ2v) is 6.69. The number of likely N-dealkylation sites (tertiary alicyclic amines) is 1. The van der Waals surface area contributed by atoms with Crippen molar-refractivity contribution in [1.29, 1.82) is 0 Å². The van der Waals surface area contributed by atoms with Gasteiger partial charge in [-0.2, -0.15) is 0 Å². The lowest BCUT2D eigenvalue weighted by molar-refractivity contribution is 0.251. The van der Waals surface area contributed by atoms with Gasteiger partial charge in [0.05, 0.1) is 0 Å². The fourth-order valence-corrected chi connectivity index (χ4v) is 4.06. The summed E-state index contributed by atoms with van der Waals surface area (Å²) in [6.45, 7) is 2.39. The molecule has 4 rings (SSSR count). The molecule has 0 radical (unpaired) electrons. The number of fused-ring (bicyclic) bond motifs is 2. The minimum atomic E-state index is 0.583. The molecule has 0 aliphatic carbocycles. The van der Waals surface area contributed by atoms with E-state index in [1.165, 1.54) is 41.9 Å². The highest BCUT2D eigenvalue weighted by molar-refractivity contribution is 5.72. The van der Waals surface area contributed by atoms with Gasteiger partial charge in [0, 0.05) is 24.0 Å². The van der Waals surface area contributed by atoms with E-state index in [2.05, 4.69) is 65.4 Å². The van der Waals surface area contributed by atoms with Gasteiger partial charge in [-0.3, -0.25) is 0 Å². The van der Waals surface area contributed by atoms with Crippen LogP contribution in [0.4, 0.5) is 11.4 Å². The van der Waals surface area contributed by atoms with Gasteiger partial charge in [-0.05, 0) is 62.5 Å². The fourth-order valence-electron chi connectivity index (χ4n) is 4.06. The summed E-state index contributed by atoms with van der Waals surface area (Å²) in [6.07, 6.45) is 4.87. The van der Waals surface area contributed by atoms with E-state index in [9.17, 15) is 0 Å². The van der Waals surface area contributed by atoms with Gasteiger partial charge in [0.2, 0.25) is 0 Å². The highest BCUT2D eigenvalue weighted by Gasteiger charge is 2.29. The Bertz CT molecular complexity index is 617. The number of likely N-dealkylation sites (N-methyl/N-ethyl adjacent to an activating group) is 1. The summed E-state index contributed by atoms with van der Waals surface area (Å²) in [4.78, 5) is 5.11. The normalized spacial score (nSPS) is 21.9. The summed E-state index contributed by atoms with van der Waals surface area (Å²) in [7, 11) is 2.25. The molecular weight excluding hydrogens is 268 g/mol. The minimum Gasteiger partial charge on any atom is -0.337 e. The van der Waals surface area contributed by atoms with Crippen molar-refractivity contribution < 1.29 is 0 Å². The second kappa shape index (κ2) is 5.77. The van der Waals surface area contributed by atoms with Crippen LogP contribution in [0.1, 0.15) is 24.0 Å². The summed E-state index contributed by atoms with van der Waals surface area (Å²) in [5.74, 6) is 0. The lowest BCUT2D eigenvalue weighted by Crippen LogP contribution is -2.45. The van der Waals surface area contributed by atoms with Crippen LogP contribution < -0.4 is 4.90 Å². The average Bonchev–Trinajstić information content (AvgIpc) is 2.71. The minimum absolute atomic E-state index is 0.583. The van der Waals surface area contributed by atoms with Crippen LogP contribution in [0, 0.1) is 0 Å². The molecule has 2 heterocycles. The van der Waals surface area contributed by atoms with E-state index in [0.717, 1.165) is 19.4 Å². The molecule has 0 amide bonds. The maximum Gasteiger partial charge on any atom is 0.0469 e. The van der Waals surface area contributed by atoms with E-state index >= 15 is 0 Å². The van der Waals surface area contributed by atoms with Crippen LogP contribution in [0.5, 0.6) is 0 Å². The second-order valence-electron chi connectivity index (χ2n) is 6.69. The van der Waals surface area contributed by atoms with E-state index in [1.807, 2.05) is 0 Å². The molecule has 2 aromatic carbocycles. The third-order valence-corrected chi connectivity index (χ3v) is 5.13. The Morgan fingerprint density at radius 1 is 0.864 bits per heavy atom. The van der Waals surface area contributed by atoms with Gasteiger partial charge in [0.1, 0.15) is 0 Å². The molecule has 22 heavy (non-hydrogen) atoms. The standard InChI is InChI=1S/C20H24N2/c1-21-14-6-9-18(15-21)22-19-10-4-2-7-16(19)12-13-17-8-3-5-11-20(17)22/h2-5,7-8,10-11,18H,6,9,12-15H2,1H3. The summed E-state index contributed by atoms with van der Waals surface area (Å²) in [5, 5.41) is 0. The van der Waals surface area contributed by atoms with Crippen LogP contribution in [0.2, 0.25) is 0 Å². The average molecular weight is 292 g/mol. The largest absolute Gasteiger partial charge is 0.337 e. The molecule has 1 fully saturated rings. The van der Waals surface area contributed by atoms with Crippen molar-refractivity contribution in [3.63, 3.8) is 0 Å². The molecule has 2 nitrogen and oxygen atoms in total. The number of para-hydroxylation sites is 2. The van der Waals surface area contributed by atoms with Crippen LogP contribution in [0.15, 0.2) is 48.5 Å². The van der Waals surface area contributed by atoms with E-state index in [0.29, 0.717) is 6.04 Å². The number of benzene rings is 2. The van der Waals surface area contributed by atoms with Crippen molar-refractivity contribution in [3.05, 3.63) is 59.7 Å². The molecular formula is C20H24N2. The highest BCUT2D eigenvalue weighted by atomic mass is 15.2. The summed E-state index contributed by atoms with van der Waals surface area (Å²) < 4.78 is 0. The van der Waals surface area contributed by atoms with Crippen molar-refractivity contribution in [2.24, 2.45) is 0 Å². The molecule has 2 aromatic rings. The van der Waals surface area contributed by atoms with Crippen LogP contribution in [0.3, 0.4) is 0 Å². The number of aryl methyl sites for hydroxylation is 2. The van der Waals surface area contributed by atoms with Crippen LogP contribution in [-0.2, 0) is 12.8 Å². The van der Waals surface area contributed by atoms with E-state index in [1.54, 1.807) is 0 Å². The zero-order valence-electron chi connectivity index (χ0n) is 13.3. The Morgan fingerprint density at radius 3 is 2.05 bits per heavy atom. The van der Waals surface area contributed by atoms with Crippen LogP contribution in [0.25, 0.3) is 0 Å². The first-order chi connectivity index (χ1) is 10.8. The molecule has 0 N–H and O–H groups in total. The molecule has 114 valence electrons. The Morgan fingerprint density at radius 2 is 1.45 bits per heavy atom. The molecule has 2 heteroatoms. The molecule has 1 atom stereocenters. The van der Waals surface area contributed by atoms with Crippen molar-refractivity contribution in [1.82, 2.24) is 4.90 Å². The first-order valence-corrected chi connectivity index (χ1v) is 8.46. The van der Waals surface area contributed by atoms with Crippen LogP contribution >= 0.6 is 0 Å². The molecule has 0 saturated carbocycles. The maximum atomic E-state index is 2.63. The van der Waals surface area contributed by atoms with Crippen molar-refractivity contribution >= 4 is 11.4 Å². The van der Waals surface area contributed by atoms with Gasteiger partial charge in [-0.1, -0.05) is 36.4 Å². The number of anilines is 2. The van der Waals surface area contributed by atoms with Crippen molar-refractivity contribution in [2.45, 2.75) is 31.7 Å². The summed E-state index contributed by atoms with van der Waals surface area (Å²) in [5.41, 5.74) is 5.83. The van der Waals surface area contributed by atoms with Gasteiger partial charge < -0.3 is 9.80 Å². The highest BCUT2D eigenvalue weighted by Crippen LogP contribution is 2.39.